The Hall–Kier alpha value is -0.870. The van der Waals surface area contributed by atoms with E-state index in [-0.39, 0.29) is 11.9 Å². The quantitative estimate of drug-likeness (QED) is 0.689. The first-order chi connectivity index (χ1) is 11.8. The zero-order valence-electron chi connectivity index (χ0n) is 14.8. The normalized spacial score (nSPS) is 22.0. The van der Waals surface area contributed by atoms with Gasteiger partial charge in [-0.2, -0.15) is 11.3 Å². The molecule has 1 aromatic heterocycles. The molecule has 1 saturated carbocycles. The van der Waals surface area contributed by atoms with E-state index < -0.39 is 0 Å². The molecule has 2 fully saturated rings. The van der Waals surface area contributed by atoms with Crippen LogP contribution < -0.4 is 0 Å². The summed E-state index contributed by atoms with van der Waals surface area (Å²) in [5.41, 5.74) is 1.17. The molecule has 2 heterocycles. The van der Waals surface area contributed by atoms with Gasteiger partial charge < -0.3 is 4.74 Å². The van der Waals surface area contributed by atoms with Crippen LogP contribution >= 0.6 is 11.3 Å². The Morgan fingerprint density at radius 1 is 1.12 bits per heavy atom. The Bertz CT molecular complexity index is 474. The van der Waals surface area contributed by atoms with Crippen molar-refractivity contribution in [2.45, 2.75) is 63.7 Å². The maximum Gasteiger partial charge on any atom is 0.313 e. The lowest BCUT2D eigenvalue weighted by Crippen LogP contribution is -2.31. The van der Waals surface area contributed by atoms with Crippen molar-refractivity contribution in [3.8, 4) is 0 Å². The smallest absolute Gasteiger partial charge is 0.313 e. The fourth-order valence-corrected chi connectivity index (χ4v) is 4.94. The third-order valence-electron chi connectivity index (χ3n) is 5.63. The van der Waals surface area contributed by atoms with Crippen molar-refractivity contribution in [3.63, 3.8) is 0 Å². The predicted molar refractivity (Wildman–Crippen MR) is 99.5 cm³/mol. The SMILES string of the molecule is O=C(OCCN1CCCCCC1)[C@H](c1ccsc1)C1CCCCC1. The lowest BCUT2D eigenvalue weighted by molar-refractivity contribution is -0.147. The second-order valence-electron chi connectivity index (χ2n) is 7.36. The summed E-state index contributed by atoms with van der Waals surface area (Å²) in [7, 11) is 0. The van der Waals surface area contributed by atoms with E-state index in [0.717, 1.165) is 19.6 Å². The monoisotopic (exact) mass is 349 g/mol. The van der Waals surface area contributed by atoms with Crippen molar-refractivity contribution in [1.82, 2.24) is 4.90 Å². The summed E-state index contributed by atoms with van der Waals surface area (Å²) >= 11 is 1.68. The Morgan fingerprint density at radius 2 is 1.83 bits per heavy atom. The van der Waals surface area contributed by atoms with E-state index in [0.29, 0.717) is 12.5 Å². The molecule has 4 heteroatoms. The van der Waals surface area contributed by atoms with Crippen LogP contribution in [0.3, 0.4) is 0 Å². The maximum absolute atomic E-state index is 12.8. The molecule has 1 atom stereocenters. The molecular weight excluding hydrogens is 318 g/mol. The number of thiophene rings is 1. The predicted octanol–water partition coefficient (Wildman–Crippen LogP) is 4.83. The number of esters is 1. The van der Waals surface area contributed by atoms with Gasteiger partial charge in [-0.25, -0.2) is 0 Å². The van der Waals surface area contributed by atoms with Crippen molar-refractivity contribution in [3.05, 3.63) is 22.4 Å². The summed E-state index contributed by atoms with van der Waals surface area (Å²) in [5.74, 6) is 0.440. The molecule has 0 radical (unpaired) electrons. The lowest BCUT2D eigenvalue weighted by atomic mass is 9.77. The number of nitrogens with zero attached hydrogens (tertiary/aromatic N) is 1. The summed E-state index contributed by atoms with van der Waals surface area (Å²) in [6.07, 6.45) is 11.4. The highest BCUT2D eigenvalue weighted by atomic mass is 32.1. The van der Waals surface area contributed by atoms with Gasteiger partial charge in [-0.15, -0.1) is 0 Å². The van der Waals surface area contributed by atoms with E-state index in [4.69, 9.17) is 4.74 Å². The average molecular weight is 350 g/mol. The number of hydrogen-bond acceptors (Lipinski definition) is 4. The topological polar surface area (TPSA) is 29.5 Å². The highest BCUT2D eigenvalue weighted by Crippen LogP contribution is 2.37. The van der Waals surface area contributed by atoms with Gasteiger partial charge in [-0.3, -0.25) is 9.69 Å². The molecule has 24 heavy (non-hydrogen) atoms. The largest absolute Gasteiger partial charge is 0.464 e. The molecule has 0 amide bonds. The van der Waals surface area contributed by atoms with Gasteiger partial charge >= 0.3 is 5.97 Å². The van der Waals surface area contributed by atoms with Crippen molar-refractivity contribution in [2.75, 3.05) is 26.2 Å². The van der Waals surface area contributed by atoms with Crippen LogP contribution in [0.15, 0.2) is 16.8 Å². The number of ether oxygens (including phenoxy) is 1. The van der Waals surface area contributed by atoms with E-state index in [2.05, 4.69) is 21.7 Å². The highest BCUT2D eigenvalue weighted by molar-refractivity contribution is 7.08. The Labute approximate surface area is 150 Å². The third-order valence-corrected chi connectivity index (χ3v) is 6.33. The Kier molecular flexibility index (Phi) is 7.15. The molecule has 1 aliphatic carbocycles. The molecular formula is C20H31NO2S. The van der Waals surface area contributed by atoms with Gasteiger partial charge in [0.1, 0.15) is 6.61 Å². The van der Waals surface area contributed by atoms with Crippen molar-refractivity contribution < 1.29 is 9.53 Å². The van der Waals surface area contributed by atoms with Gasteiger partial charge in [-0.05, 0) is 67.1 Å². The van der Waals surface area contributed by atoms with Crippen LogP contribution in [-0.4, -0.2) is 37.1 Å². The van der Waals surface area contributed by atoms with Crippen LogP contribution in [-0.2, 0) is 9.53 Å². The first kappa shape index (κ1) is 17.9. The van der Waals surface area contributed by atoms with Crippen LogP contribution in [0.25, 0.3) is 0 Å². The zero-order chi connectivity index (χ0) is 16.6. The summed E-state index contributed by atoms with van der Waals surface area (Å²) < 4.78 is 5.75. The highest BCUT2D eigenvalue weighted by Gasteiger charge is 2.32. The van der Waals surface area contributed by atoms with Gasteiger partial charge in [0, 0.05) is 6.54 Å². The third kappa shape index (κ3) is 5.06. The number of carbonyl (C=O) groups excluding carboxylic acids is 1. The zero-order valence-corrected chi connectivity index (χ0v) is 15.6. The van der Waals surface area contributed by atoms with Crippen LogP contribution in [0.1, 0.15) is 69.3 Å². The fourth-order valence-electron chi connectivity index (χ4n) is 4.25. The second kappa shape index (κ2) is 9.57. The van der Waals surface area contributed by atoms with E-state index >= 15 is 0 Å². The number of carbonyl (C=O) groups is 1. The first-order valence-corrected chi connectivity index (χ1v) is 10.7. The molecule has 0 spiro atoms. The molecule has 3 rings (SSSR count). The Balaban J connectivity index is 1.53. The van der Waals surface area contributed by atoms with Crippen LogP contribution in [0.2, 0.25) is 0 Å². The van der Waals surface area contributed by atoms with Crippen molar-refractivity contribution in [1.29, 1.82) is 0 Å². The average Bonchev–Trinajstić information content (AvgIpc) is 3.00. The number of rotatable bonds is 6. The first-order valence-electron chi connectivity index (χ1n) is 9.75. The van der Waals surface area contributed by atoms with Gasteiger partial charge in [0.15, 0.2) is 0 Å². The van der Waals surface area contributed by atoms with E-state index in [1.54, 1.807) is 11.3 Å². The van der Waals surface area contributed by atoms with E-state index in [1.807, 2.05) is 0 Å². The van der Waals surface area contributed by atoms with E-state index in [9.17, 15) is 4.79 Å². The van der Waals surface area contributed by atoms with E-state index in [1.165, 1.54) is 63.4 Å². The molecule has 134 valence electrons. The minimum atomic E-state index is -0.0410. The van der Waals surface area contributed by atoms with Crippen LogP contribution in [0.4, 0.5) is 0 Å². The van der Waals surface area contributed by atoms with Crippen LogP contribution in [0.5, 0.6) is 0 Å². The molecule has 0 aromatic carbocycles. The fraction of sp³-hybridized carbons (Fsp3) is 0.750. The molecule has 1 saturated heterocycles. The molecule has 0 bridgehead atoms. The number of hydrogen-bond donors (Lipinski definition) is 0. The minimum Gasteiger partial charge on any atom is -0.464 e. The molecule has 2 aliphatic rings. The van der Waals surface area contributed by atoms with Gasteiger partial charge in [0.2, 0.25) is 0 Å². The van der Waals surface area contributed by atoms with Crippen molar-refractivity contribution >= 4 is 17.3 Å². The molecule has 1 aliphatic heterocycles. The maximum atomic E-state index is 12.8. The number of likely N-dealkylation sites (tertiary alicyclic amines) is 1. The summed E-state index contributed by atoms with van der Waals surface area (Å²) in [6, 6.07) is 2.11. The second-order valence-corrected chi connectivity index (χ2v) is 8.14. The minimum absolute atomic E-state index is 0.00937. The lowest BCUT2D eigenvalue weighted by Gasteiger charge is -2.29. The summed E-state index contributed by atoms with van der Waals surface area (Å²) in [6.45, 7) is 3.77. The van der Waals surface area contributed by atoms with Crippen molar-refractivity contribution in [2.24, 2.45) is 5.92 Å². The Morgan fingerprint density at radius 3 is 2.50 bits per heavy atom. The standard InChI is InChI=1S/C20H31NO2S/c22-20(23-14-13-21-11-6-1-2-7-12-21)19(18-10-15-24-16-18)17-8-4-3-5-9-17/h10,15-17,19H,1-9,11-14H2/t19-/m0/s1. The summed E-state index contributed by atoms with van der Waals surface area (Å²) in [4.78, 5) is 15.3. The van der Waals surface area contributed by atoms with Gasteiger partial charge in [0.25, 0.3) is 0 Å². The van der Waals surface area contributed by atoms with Crippen LogP contribution in [0, 0.1) is 5.92 Å². The molecule has 0 N–H and O–H groups in total. The van der Waals surface area contributed by atoms with Gasteiger partial charge in [0.05, 0.1) is 5.92 Å². The van der Waals surface area contributed by atoms with Gasteiger partial charge in [-0.1, -0.05) is 32.1 Å². The molecule has 3 nitrogen and oxygen atoms in total. The molecule has 1 aromatic rings. The molecule has 0 unspecified atom stereocenters. The summed E-state index contributed by atoms with van der Waals surface area (Å²) in [5, 5.41) is 4.21.